The summed E-state index contributed by atoms with van der Waals surface area (Å²) in [6, 6.07) is 8.23. The highest BCUT2D eigenvalue weighted by atomic mass is 127. The van der Waals surface area contributed by atoms with Gasteiger partial charge in [0.15, 0.2) is 6.61 Å². The largest absolute Gasteiger partial charge is 0.484 e. The van der Waals surface area contributed by atoms with Gasteiger partial charge in [0.25, 0.3) is 5.91 Å². The zero-order valence-electron chi connectivity index (χ0n) is 11.5. The Morgan fingerprint density at radius 3 is 2.57 bits per heavy atom. The third-order valence-corrected chi connectivity index (χ3v) is 3.67. The van der Waals surface area contributed by atoms with Gasteiger partial charge in [-0.3, -0.25) is 4.79 Å². The van der Waals surface area contributed by atoms with Gasteiger partial charge in [-0.25, -0.2) is 4.39 Å². The average Bonchev–Trinajstić information content (AvgIpc) is 2.46. The fourth-order valence-corrected chi connectivity index (χ4v) is 2.16. The summed E-state index contributed by atoms with van der Waals surface area (Å²) in [6.45, 7) is -0.449. The molecule has 0 spiro atoms. The number of anilines is 1. The van der Waals surface area contributed by atoms with Crippen LogP contribution < -0.4 is 10.1 Å². The van der Waals surface area contributed by atoms with Gasteiger partial charge < -0.3 is 10.1 Å². The van der Waals surface area contributed by atoms with Crippen LogP contribution in [-0.4, -0.2) is 12.5 Å². The molecule has 23 heavy (non-hydrogen) atoms. The van der Waals surface area contributed by atoms with Crippen molar-refractivity contribution in [2.45, 2.75) is 6.18 Å². The van der Waals surface area contributed by atoms with E-state index in [0.29, 0.717) is 3.57 Å². The summed E-state index contributed by atoms with van der Waals surface area (Å²) in [7, 11) is 0. The van der Waals surface area contributed by atoms with Gasteiger partial charge in [0, 0.05) is 9.64 Å². The smallest absolute Gasteiger partial charge is 0.416 e. The van der Waals surface area contributed by atoms with Crippen molar-refractivity contribution in [2.24, 2.45) is 0 Å². The molecule has 2 aromatic carbocycles. The van der Waals surface area contributed by atoms with Crippen molar-refractivity contribution in [1.29, 1.82) is 0 Å². The number of carbonyl (C=O) groups excluding carboxylic acids is 1. The topological polar surface area (TPSA) is 38.3 Å². The van der Waals surface area contributed by atoms with Gasteiger partial charge >= 0.3 is 6.18 Å². The normalized spacial score (nSPS) is 11.2. The molecule has 0 heterocycles. The highest BCUT2D eigenvalue weighted by molar-refractivity contribution is 14.1. The second kappa shape index (κ2) is 7.16. The number of benzene rings is 2. The Morgan fingerprint density at radius 2 is 1.91 bits per heavy atom. The number of rotatable bonds is 4. The van der Waals surface area contributed by atoms with Crippen molar-refractivity contribution in [2.75, 3.05) is 11.9 Å². The maximum absolute atomic E-state index is 13.0. The van der Waals surface area contributed by atoms with E-state index < -0.39 is 30.1 Å². The van der Waals surface area contributed by atoms with E-state index in [2.05, 4.69) is 5.32 Å². The minimum absolute atomic E-state index is 0.0354. The summed E-state index contributed by atoms with van der Waals surface area (Å²) < 4.78 is 56.5. The monoisotopic (exact) mass is 439 g/mol. The summed E-state index contributed by atoms with van der Waals surface area (Å²) >= 11 is 1.81. The molecular weight excluding hydrogens is 429 g/mol. The predicted molar refractivity (Wildman–Crippen MR) is 84.7 cm³/mol. The molecule has 1 amide bonds. The summed E-state index contributed by atoms with van der Waals surface area (Å²) in [5.41, 5.74) is -0.826. The SMILES string of the molecule is O=C(COc1cccc(F)c1)Nc1cc(C(F)(F)F)ccc1I. The number of carbonyl (C=O) groups is 1. The van der Waals surface area contributed by atoms with Crippen LogP contribution in [0.1, 0.15) is 5.56 Å². The molecule has 0 unspecified atom stereocenters. The predicted octanol–water partition coefficient (Wildman–Crippen LogP) is 4.47. The van der Waals surface area contributed by atoms with E-state index in [1.165, 1.54) is 24.3 Å². The highest BCUT2D eigenvalue weighted by Crippen LogP contribution is 2.32. The molecule has 0 fully saturated rings. The van der Waals surface area contributed by atoms with Crippen molar-refractivity contribution in [3.63, 3.8) is 0 Å². The van der Waals surface area contributed by atoms with Gasteiger partial charge in [-0.05, 0) is 52.9 Å². The van der Waals surface area contributed by atoms with E-state index >= 15 is 0 Å². The lowest BCUT2D eigenvalue weighted by molar-refractivity contribution is -0.137. The molecule has 0 bridgehead atoms. The van der Waals surface area contributed by atoms with Crippen LogP contribution in [0.15, 0.2) is 42.5 Å². The highest BCUT2D eigenvalue weighted by Gasteiger charge is 2.31. The summed E-state index contributed by atoms with van der Waals surface area (Å²) in [5.74, 6) is -1.01. The van der Waals surface area contributed by atoms with Crippen molar-refractivity contribution in [1.82, 2.24) is 0 Å². The third kappa shape index (κ3) is 5.08. The van der Waals surface area contributed by atoms with E-state index in [0.717, 1.165) is 18.2 Å². The molecule has 0 radical (unpaired) electrons. The molecular formula is C15H10F4INO2. The molecule has 0 atom stereocenters. The molecule has 2 aromatic rings. The lowest BCUT2D eigenvalue weighted by atomic mass is 10.2. The molecule has 2 rings (SSSR count). The van der Waals surface area contributed by atoms with Gasteiger partial charge in [0.2, 0.25) is 0 Å². The molecule has 122 valence electrons. The van der Waals surface area contributed by atoms with Crippen LogP contribution >= 0.6 is 22.6 Å². The average molecular weight is 439 g/mol. The fraction of sp³-hybridized carbons (Fsp3) is 0.133. The Balaban J connectivity index is 2.02. The van der Waals surface area contributed by atoms with Crippen LogP contribution in [0.2, 0.25) is 0 Å². The van der Waals surface area contributed by atoms with Gasteiger partial charge in [0.05, 0.1) is 11.3 Å². The number of ether oxygens (including phenoxy) is 1. The van der Waals surface area contributed by atoms with Gasteiger partial charge in [0.1, 0.15) is 11.6 Å². The minimum Gasteiger partial charge on any atom is -0.484 e. The Bertz CT molecular complexity index is 719. The van der Waals surface area contributed by atoms with Crippen LogP contribution in [0.5, 0.6) is 5.75 Å². The Labute approximate surface area is 142 Å². The summed E-state index contributed by atoms with van der Waals surface area (Å²) in [6.07, 6.45) is -4.50. The zero-order valence-corrected chi connectivity index (χ0v) is 13.6. The molecule has 0 aliphatic rings. The van der Waals surface area contributed by atoms with Crippen LogP contribution in [0, 0.1) is 9.39 Å². The second-order valence-corrected chi connectivity index (χ2v) is 5.65. The summed E-state index contributed by atoms with van der Waals surface area (Å²) in [4.78, 5) is 11.8. The first-order valence-electron chi connectivity index (χ1n) is 6.30. The van der Waals surface area contributed by atoms with E-state index in [4.69, 9.17) is 4.74 Å². The molecule has 0 saturated heterocycles. The molecule has 8 heteroatoms. The molecule has 0 aliphatic carbocycles. The Kier molecular flexibility index (Phi) is 5.45. The van der Waals surface area contributed by atoms with Crippen LogP contribution in [-0.2, 0) is 11.0 Å². The van der Waals surface area contributed by atoms with Crippen molar-refractivity contribution < 1.29 is 27.1 Å². The van der Waals surface area contributed by atoms with Gasteiger partial charge in [-0.1, -0.05) is 6.07 Å². The number of halogens is 5. The number of amides is 1. The number of hydrogen-bond acceptors (Lipinski definition) is 2. The van der Waals surface area contributed by atoms with Crippen LogP contribution in [0.4, 0.5) is 23.2 Å². The third-order valence-electron chi connectivity index (χ3n) is 2.73. The quantitative estimate of drug-likeness (QED) is 0.565. The van der Waals surface area contributed by atoms with Crippen LogP contribution in [0.25, 0.3) is 0 Å². The Morgan fingerprint density at radius 1 is 1.17 bits per heavy atom. The number of hydrogen-bond donors (Lipinski definition) is 1. The van der Waals surface area contributed by atoms with Gasteiger partial charge in [-0.15, -0.1) is 0 Å². The maximum atomic E-state index is 13.0. The first-order chi connectivity index (χ1) is 10.8. The molecule has 0 aromatic heterocycles. The first-order valence-corrected chi connectivity index (χ1v) is 7.38. The molecule has 3 nitrogen and oxygen atoms in total. The van der Waals surface area contributed by atoms with Crippen molar-refractivity contribution in [3.05, 3.63) is 57.4 Å². The van der Waals surface area contributed by atoms with Crippen LogP contribution in [0.3, 0.4) is 0 Å². The lowest BCUT2D eigenvalue weighted by Gasteiger charge is -2.12. The molecule has 0 saturated carbocycles. The van der Waals surface area contributed by atoms with Gasteiger partial charge in [-0.2, -0.15) is 13.2 Å². The Hall–Kier alpha value is -1.84. The summed E-state index contributed by atoms with van der Waals surface area (Å²) in [5, 5.41) is 2.34. The molecule has 1 N–H and O–H groups in total. The van der Waals surface area contributed by atoms with Crippen molar-refractivity contribution >= 4 is 34.2 Å². The standard InChI is InChI=1S/C15H10F4INO2/c16-10-2-1-3-11(7-10)23-8-14(22)21-13-6-9(15(17,18)19)4-5-12(13)20/h1-7H,8H2,(H,21,22). The zero-order chi connectivity index (χ0) is 17.0. The fourth-order valence-electron chi connectivity index (χ4n) is 1.69. The first kappa shape index (κ1) is 17.5. The lowest BCUT2D eigenvalue weighted by Crippen LogP contribution is -2.21. The van der Waals surface area contributed by atoms with E-state index in [1.54, 1.807) is 0 Å². The second-order valence-electron chi connectivity index (χ2n) is 4.49. The maximum Gasteiger partial charge on any atom is 0.416 e. The van der Waals surface area contributed by atoms with E-state index in [1.807, 2.05) is 22.6 Å². The van der Waals surface area contributed by atoms with E-state index in [9.17, 15) is 22.4 Å². The minimum atomic E-state index is -4.50. The molecule has 0 aliphatic heterocycles. The number of nitrogens with one attached hydrogen (secondary N) is 1. The van der Waals surface area contributed by atoms with E-state index in [-0.39, 0.29) is 11.4 Å². The number of alkyl halides is 3. The van der Waals surface area contributed by atoms with Crippen molar-refractivity contribution in [3.8, 4) is 5.75 Å².